The van der Waals surface area contributed by atoms with Crippen LogP contribution >= 0.6 is 0 Å². The highest BCUT2D eigenvalue weighted by Crippen LogP contribution is 2.26. The second-order valence-corrected chi connectivity index (χ2v) is 10.0. The molecule has 1 N–H and O–H groups in total. The van der Waals surface area contributed by atoms with E-state index < -0.39 is 15.9 Å². The number of carbonyl (C=O) groups is 2. The van der Waals surface area contributed by atoms with Gasteiger partial charge in [-0.1, -0.05) is 18.2 Å². The summed E-state index contributed by atoms with van der Waals surface area (Å²) in [6.45, 7) is 0.577. The summed E-state index contributed by atoms with van der Waals surface area (Å²) in [5.41, 5.74) is 2.24. The van der Waals surface area contributed by atoms with Crippen molar-refractivity contribution in [1.29, 1.82) is 0 Å². The van der Waals surface area contributed by atoms with Crippen LogP contribution < -0.4 is 14.8 Å². The van der Waals surface area contributed by atoms with E-state index >= 15 is 0 Å². The van der Waals surface area contributed by atoms with Crippen molar-refractivity contribution >= 4 is 21.7 Å². The lowest BCUT2D eigenvalue weighted by Gasteiger charge is -2.27. The number of nitrogens with one attached hydrogen (secondary N) is 1. The summed E-state index contributed by atoms with van der Waals surface area (Å²) in [5, 5.41) is 2.86. The third kappa shape index (κ3) is 5.59. The smallest absolute Gasteiger partial charge is 0.255 e. The van der Waals surface area contributed by atoms with Gasteiger partial charge in [0, 0.05) is 24.9 Å². The Morgan fingerprint density at radius 1 is 1.16 bits per heavy atom. The first-order valence-corrected chi connectivity index (χ1v) is 12.3. The lowest BCUT2D eigenvalue weighted by Crippen LogP contribution is -2.48. The number of nitrogens with zero attached hydrogens (tertiary/aromatic N) is 1. The van der Waals surface area contributed by atoms with Crippen LogP contribution in [0.1, 0.15) is 27.9 Å². The molecular weight excluding hydrogens is 432 g/mol. The number of amides is 2. The molecule has 0 aromatic heterocycles. The number of rotatable bonds is 10. The molecule has 0 aliphatic carbocycles. The molecule has 9 heteroatoms. The van der Waals surface area contributed by atoms with Crippen molar-refractivity contribution in [1.82, 2.24) is 10.2 Å². The van der Waals surface area contributed by atoms with Gasteiger partial charge in [0.05, 0.1) is 20.0 Å². The van der Waals surface area contributed by atoms with E-state index in [9.17, 15) is 18.0 Å². The van der Waals surface area contributed by atoms with Gasteiger partial charge < -0.3 is 19.7 Å². The van der Waals surface area contributed by atoms with Crippen LogP contribution in [-0.2, 0) is 27.6 Å². The fraction of sp³-hybridized carbons (Fsp3) is 0.391. The Kier molecular flexibility index (Phi) is 7.40. The Morgan fingerprint density at radius 3 is 2.56 bits per heavy atom. The van der Waals surface area contributed by atoms with Gasteiger partial charge in [-0.2, -0.15) is 0 Å². The number of methoxy groups -OCH3 is 2. The molecule has 2 amide bonds. The van der Waals surface area contributed by atoms with E-state index in [4.69, 9.17) is 9.47 Å². The molecule has 172 valence electrons. The van der Waals surface area contributed by atoms with Crippen LogP contribution in [0, 0.1) is 0 Å². The van der Waals surface area contributed by atoms with Gasteiger partial charge in [0.25, 0.3) is 5.91 Å². The van der Waals surface area contributed by atoms with E-state index in [1.54, 1.807) is 38.5 Å². The average molecular weight is 461 g/mol. The second kappa shape index (κ2) is 10.0. The number of carbonyl (C=O) groups excluding carboxylic acids is 2. The van der Waals surface area contributed by atoms with Gasteiger partial charge >= 0.3 is 0 Å². The minimum atomic E-state index is -3.30. The molecule has 2 aromatic carbocycles. The molecule has 3 rings (SSSR count). The maximum atomic E-state index is 13.1. The van der Waals surface area contributed by atoms with Gasteiger partial charge in [-0.3, -0.25) is 9.59 Å². The zero-order valence-corrected chi connectivity index (χ0v) is 19.3. The predicted octanol–water partition coefficient (Wildman–Crippen LogP) is 1.82. The predicted molar refractivity (Wildman–Crippen MR) is 121 cm³/mol. The molecule has 2 aromatic rings. The highest BCUT2D eigenvalue weighted by Gasteiger charge is 2.36. The van der Waals surface area contributed by atoms with E-state index in [0.29, 0.717) is 30.0 Å². The Labute approximate surface area is 188 Å². The van der Waals surface area contributed by atoms with Gasteiger partial charge in [0.2, 0.25) is 5.91 Å². The van der Waals surface area contributed by atoms with Crippen LogP contribution in [0.2, 0.25) is 0 Å². The second-order valence-electron chi connectivity index (χ2n) is 7.74. The molecule has 0 saturated carbocycles. The Morgan fingerprint density at radius 2 is 1.91 bits per heavy atom. The Bertz CT molecular complexity index is 1100. The van der Waals surface area contributed by atoms with Crippen molar-refractivity contribution in [3.8, 4) is 11.5 Å². The molecule has 8 nitrogen and oxygen atoms in total. The summed E-state index contributed by atoms with van der Waals surface area (Å²) in [6.07, 6.45) is 1.64. The number of ether oxygens (including phenoxy) is 2. The van der Waals surface area contributed by atoms with Crippen molar-refractivity contribution in [2.75, 3.05) is 32.8 Å². The van der Waals surface area contributed by atoms with E-state index in [-0.39, 0.29) is 30.5 Å². The summed E-state index contributed by atoms with van der Waals surface area (Å²) in [6, 6.07) is 11.7. The number of hydrogen-bond donors (Lipinski definition) is 1. The number of benzene rings is 2. The van der Waals surface area contributed by atoms with E-state index in [2.05, 4.69) is 5.32 Å². The molecule has 0 unspecified atom stereocenters. The van der Waals surface area contributed by atoms with Crippen molar-refractivity contribution in [3.05, 3.63) is 59.2 Å². The maximum Gasteiger partial charge on any atom is 0.255 e. The molecule has 0 bridgehead atoms. The van der Waals surface area contributed by atoms with Crippen LogP contribution in [0.15, 0.2) is 42.5 Å². The third-order valence-corrected chi connectivity index (χ3v) is 6.45. The molecule has 32 heavy (non-hydrogen) atoms. The van der Waals surface area contributed by atoms with Crippen LogP contribution in [0.25, 0.3) is 0 Å². The summed E-state index contributed by atoms with van der Waals surface area (Å²) >= 11 is 0. The number of hydrogen-bond acceptors (Lipinski definition) is 6. The molecular formula is C23H28N2O6S. The van der Waals surface area contributed by atoms with Crippen molar-refractivity contribution in [3.63, 3.8) is 0 Å². The first-order chi connectivity index (χ1) is 15.2. The number of sulfone groups is 1. The summed E-state index contributed by atoms with van der Waals surface area (Å²) in [4.78, 5) is 27.4. The van der Waals surface area contributed by atoms with Crippen LogP contribution in [-0.4, -0.2) is 63.9 Å². The zero-order chi connectivity index (χ0) is 23.3. The van der Waals surface area contributed by atoms with Gasteiger partial charge in [-0.05, 0) is 48.2 Å². The van der Waals surface area contributed by atoms with Gasteiger partial charge in [-0.25, -0.2) is 8.42 Å². The van der Waals surface area contributed by atoms with E-state index in [1.807, 2.05) is 18.2 Å². The normalized spacial score (nSPS) is 14.1. The highest BCUT2D eigenvalue weighted by atomic mass is 32.2. The van der Waals surface area contributed by atoms with E-state index in [0.717, 1.165) is 17.4 Å². The van der Waals surface area contributed by atoms with Crippen LogP contribution in [0.3, 0.4) is 0 Å². The number of fused-ring (bicyclic) bond motifs is 1. The van der Waals surface area contributed by atoms with Crippen molar-refractivity contribution < 1.29 is 27.5 Å². The molecule has 0 fully saturated rings. The standard InChI is InChI=1S/C23H28N2O6S/c1-30-18-8-9-21(31-2)16(14-18)10-12-24-22(26)20(11-13-32(3,28)29)25-15-17-6-4-5-7-19(17)23(25)27/h4-9,14,20H,10-13,15H2,1-3H3,(H,24,26)/t20-/m1/s1. The molecule has 1 aliphatic heterocycles. The average Bonchev–Trinajstić information content (AvgIpc) is 3.09. The van der Waals surface area contributed by atoms with Gasteiger partial charge in [0.1, 0.15) is 27.4 Å². The monoisotopic (exact) mass is 460 g/mol. The molecule has 1 atom stereocenters. The minimum absolute atomic E-state index is 0.0346. The van der Waals surface area contributed by atoms with Gasteiger partial charge in [0.15, 0.2) is 0 Å². The summed E-state index contributed by atoms with van der Waals surface area (Å²) in [5.74, 6) is 0.535. The van der Waals surface area contributed by atoms with Crippen molar-refractivity contribution in [2.24, 2.45) is 0 Å². The lowest BCUT2D eigenvalue weighted by molar-refractivity contribution is -0.125. The topological polar surface area (TPSA) is 102 Å². The molecule has 0 radical (unpaired) electrons. The molecule has 0 saturated heterocycles. The first kappa shape index (κ1) is 23.6. The fourth-order valence-corrected chi connectivity index (χ4v) is 4.45. The van der Waals surface area contributed by atoms with Crippen LogP contribution in [0.4, 0.5) is 0 Å². The molecule has 0 spiro atoms. The zero-order valence-electron chi connectivity index (χ0n) is 18.5. The van der Waals surface area contributed by atoms with E-state index in [1.165, 1.54) is 4.90 Å². The fourth-order valence-electron chi connectivity index (χ4n) is 3.80. The van der Waals surface area contributed by atoms with Gasteiger partial charge in [-0.15, -0.1) is 0 Å². The maximum absolute atomic E-state index is 13.1. The Balaban J connectivity index is 1.72. The summed E-state index contributed by atoms with van der Waals surface area (Å²) in [7, 11) is -0.150. The largest absolute Gasteiger partial charge is 0.497 e. The lowest BCUT2D eigenvalue weighted by atomic mass is 10.1. The molecule has 1 aliphatic rings. The van der Waals surface area contributed by atoms with Crippen molar-refractivity contribution in [2.45, 2.75) is 25.4 Å². The first-order valence-electron chi connectivity index (χ1n) is 10.3. The Hall–Kier alpha value is -3.07. The third-order valence-electron chi connectivity index (χ3n) is 5.47. The molecule has 1 heterocycles. The van der Waals surface area contributed by atoms with Crippen LogP contribution in [0.5, 0.6) is 11.5 Å². The quantitative estimate of drug-likeness (QED) is 0.580. The minimum Gasteiger partial charge on any atom is -0.497 e. The highest BCUT2D eigenvalue weighted by molar-refractivity contribution is 7.90. The summed E-state index contributed by atoms with van der Waals surface area (Å²) < 4.78 is 34.1. The SMILES string of the molecule is COc1ccc(OC)c(CCNC(=O)[C@@H](CCS(C)(=O)=O)N2Cc3ccccc3C2=O)c1.